The topological polar surface area (TPSA) is 25.8 Å². The molecule has 0 unspecified atom stereocenters. The van der Waals surface area contributed by atoms with Crippen LogP contribution in [0.3, 0.4) is 0 Å². The van der Waals surface area contributed by atoms with Crippen LogP contribution in [0.5, 0.6) is 0 Å². The molecular weight excluding hydrogens is 316 g/mol. The van der Waals surface area contributed by atoms with Gasteiger partial charge in [-0.05, 0) is 36.6 Å². The zero-order chi connectivity index (χ0) is 17.9. The van der Waals surface area contributed by atoms with E-state index < -0.39 is 0 Å². The van der Waals surface area contributed by atoms with Crippen molar-refractivity contribution in [3.63, 3.8) is 0 Å². The molecule has 0 atom stereocenters. The van der Waals surface area contributed by atoms with Crippen LogP contribution in [0, 0.1) is 13.8 Å². The highest BCUT2D eigenvalue weighted by atomic mass is 14.8. The maximum atomic E-state index is 4.83. The Morgan fingerprint density at radius 2 is 1.35 bits per heavy atom. The van der Waals surface area contributed by atoms with Gasteiger partial charge in [-0.2, -0.15) is 0 Å². The van der Waals surface area contributed by atoms with Crippen LogP contribution in [0.2, 0.25) is 0 Å². The van der Waals surface area contributed by atoms with Crippen molar-refractivity contribution >= 4 is 0 Å². The van der Waals surface area contributed by atoms with Crippen LogP contribution in [0.4, 0.5) is 0 Å². The smallest absolute Gasteiger partial charge is 0.0917 e. The van der Waals surface area contributed by atoms with Crippen molar-refractivity contribution in [2.45, 2.75) is 13.8 Å². The van der Waals surface area contributed by atoms with Crippen molar-refractivity contribution in [3.05, 3.63) is 96.3 Å². The lowest BCUT2D eigenvalue weighted by molar-refractivity contribution is 1.12. The standard InChI is InChI=1S/C24H20N2/c1-17-9-6-7-14-22(17)24-18(2)26-23(16-25-24)21-13-8-12-20(15-21)19-10-4-3-5-11-19/h3-16H,1-2H3. The molecule has 0 fully saturated rings. The lowest BCUT2D eigenvalue weighted by Crippen LogP contribution is -1.96. The van der Waals surface area contributed by atoms with Gasteiger partial charge in [-0.3, -0.25) is 4.98 Å². The third-order valence-electron chi connectivity index (χ3n) is 4.61. The first kappa shape index (κ1) is 16.2. The summed E-state index contributed by atoms with van der Waals surface area (Å²) in [6.45, 7) is 4.13. The summed E-state index contributed by atoms with van der Waals surface area (Å²) in [7, 11) is 0. The lowest BCUT2D eigenvalue weighted by atomic mass is 10.0. The molecule has 1 aromatic heterocycles. The number of hydrogen-bond donors (Lipinski definition) is 0. The summed E-state index contributed by atoms with van der Waals surface area (Å²) < 4.78 is 0. The molecule has 4 rings (SSSR count). The van der Waals surface area contributed by atoms with E-state index in [1.54, 1.807) is 0 Å². The summed E-state index contributed by atoms with van der Waals surface area (Å²) in [6.07, 6.45) is 1.87. The second kappa shape index (κ2) is 6.93. The number of hydrogen-bond acceptors (Lipinski definition) is 2. The molecule has 2 heteroatoms. The van der Waals surface area contributed by atoms with Crippen molar-refractivity contribution in [1.82, 2.24) is 9.97 Å². The molecule has 26 heavy (non-hydrogen) atoms. The molecule has 0 spiro atoms. The first-order valence-electron chi connectivity index (χ1n) is 8.78. The van der Waals surface area contributed by atoms with Gasteiger partial charge in [0.15, 0.2) is 0 Å². The van der Waals surface area contributed by atoms with Gasteiger partial charge in [0.2, 0.25) is 0 Å². The number of benzene rings is 3. The van der Waals surface area contributed by atoms with E-state index in [9.17, 15) is 0 Å². The minimum atomic E-state index is 0.901. The highest BCUT2D eigenvalue weighted by Crippen LogP contribution is 2.28. The third kappa shape index (κ3) is 3.14. The molecule has 1 heterocycles. The SMILES string of the molecule is Cc1ccccc1-c1ncc(-c2cccc(-c3ccccc3)c2)nc1C. The third-order valence-corrected chi connectivity index (χ3v) is 4.61. The van der Waals surface area contributed by atoms with Crippen LogP contribution >= 0.6 is 0 Å². The Balaban J connectivity index is 1.74. The molecule has 2 nitrogen and oxygen atoms in total. The van der Waals surface area contributed by atoms with Gasteiger partial charge in [0.25, 0.3) is 0 Å². The van der Waals surface area contributed by atoms with Gasteiger partial charge in [-0.15, -0.1) is 0 Å². The van der Waals surface area contributed by atoms with Gasteiger partial charge in [0.05, 0.1) is 23.3 Å². The Labute approximate surface area is 154 Å². The minimum Gasteiger partial charge on any atom is -0.252 e. The van der Waals surface area contributed by atoms with Crippen LogP contribution in [-0.4, -0.2) is 9.97 Å². The zero-order valence-electron chi connectivity index (χ0n) is 15.0. The van der Waals surface area contributed by atoms with E-state index in [-0.39, 0.29) is 0 Å². The van der Waals surface area contributed by atoms with E-state index in [2.05, 4.69) is 67.6 Å². The van der Waals surface area contributed by atoms with E-state index in [0.717, 1.165) is 28.2 Å². The summed E-state index contributed by atoms with van der Waals surface area (Å²) in [6, 6.07) is 27.1. The van der Waals surface area contributed by atoms with Crippen molar-refractivity contribution in [3.8, 4) is 33.6 Å². The Morgan fingerprint density at radius 1 is 0.654 bits per heavy atom. The van der Waals surface area contributed by atoms with Gasteiger partial charge in [-0.1, -0.05) is 72.8 Å². The molecular formula is C24H20N2. The van der Waals surface area contributed by atoms with Gasteiger partial charge in [0, 0.05) is 11.1 Å². The monoisotopic (exact) mass is 336 g/mol. The Morgan fingerprint density at radius 3 is 2.12 bits per heavy atom. The molecule has 0 saturated carbocycles. The summed E-state index contributed by atoms with van der Waals surface area (Å²) in [5.41, 5.74) is 8.62. The highest BCUT2D eigenvalue weighted by molar-refractivity contribution is 5.72. The molecule has 0 radical (unpaired) electrons. The number of rotatable bonds is 3. The van der Waals surface area contributed by atoms with Gasteiger partial charge >= 0.3 is 0 Å². The van der Waals surface area contributed by atoms with Crippen molar-refractivity contribution < 1.29 is 0 Å². The van der Waals surface area contributed by atoms with Crippen molar-refractivity contribution in [1.29, 1.82) is 0 Å². The Hall–Kier alpha value is -3.26. The maximum absolute atomic E-state index is 4.83. The average Bonchev–Trinajstić information content (AvgIpc) is 2.69. The molecule has 126 valence electrons. The van der Waals surface area contributed by atoms with E-state index in [1.807, 2.05) is 31.3 Å². The molecule has 0 aliphatic rings. The summed E-state index contributed by atoms with van der Waals surface area (Å²) in [5, 5.41) is 0. The molecule has 0 aliphatic heterocycles. The van der Waals surface area contributed by atoms with Crippen molar-refractivity contribution in [2.24, 2.45) is 0 Å². The molecule has 0 amide bonds. The quantitative estimate of drug-likeness (QED) is 0.452. The lowest BCUT2D eigenvalue weighted by Gasteiger charge is -2.10. The first-order chi connectivity index (χ1) is 12.7. The average molecular weight is 336 g/mol. The van der Waals surface area contributed by atoms with E-state index in [4.69, 9.17) is 9.97 Å². The van der Waals surface area contributed by atoms with Crippen LogP contribution < -0.4 is 0 Å². The summed E-state index contributed by atoms with van der Waals surface area (Å²) in [5.74, 6) is 0. The number of aromatic nitrogens is 2. The van der Waals surface area contributed by atoms with Gasteiger partial charge < -0.3 is 0 Å². The maximum Gasteiger partial charge on any atom is 0.0917 e. The summed E-state index contributed by atoms with van der Waals surface area (Å²) >= 11 is 0. The van der Waals surface area contributed by atoms with E-state index >= 15 is 0 Å². The highest BCUT2D eigenvalue weighted by Gasteiger charge is 2.10. The van der Waals surface area contributed by atoms with Crippen molar-refractivity contribution in [2.75, 3.05) is 0 Å². The minimum absolute atomic E-state index is 0.901. The van der Waals surface area contributed by atoms with Crippen LogP contribution in [-0.2, 0) is 0 Å². The predicted octanol–water partition coefficient (Wildman–Crippen LogP) is 6.09. The zero-order valence-corrected chi connectivity index (χ0v) is 15.0. The molecule has 4 aromatic rings. The largest absolute Gasteiger partial charge is 0.252 e. The second-order valence-electron chi connectivity index (χ2n) is 6.45. The van der Waals surface area contributed by atoms with Crippen LogP contribution in [0.15, 0.2) is 85.1 Å². The Bertz CT molecular complexity index is 1050. The number of aryl methyl sites for hydroxylation is 2. The second-order valence-corrected chi connectivity index (χ2v) is 6.45. The van der Waals surface area contributed by atoms with Crippen LogP contribution in [0.25, 0.3) is 33.6 Å². The van der Waals surface area contributed by atoms with Gasteiger partial charge in [-0.25, -0.2) is 4.98 Å². The van der Waals surface area contributed by atoms with E-state index in [1.165, 1.54) is 16.7 Å². The normalized spacial score (nSPS) is 10.7. The fraction of sp³-hybridized carbons (Fsp3) is 0.0833. The molecule has 0 saturated heterocycles. The molecule has 0 aliphatic carbocycles. The summed E-state index contributed by atoms with van der Waals surface area (Å²) in [4.78, 5) is 9.56. The predicted molar refractivity (Wildman–Crippen MR) is 108 cm³/mol. The number of nitrogens with zero attached hydrogens (tertiary/aromatic N) is 2. The molecule has 0 bridgehead atoms. The molecule has 3 aromatic carbocycles. The van der Waals surface area contributed by atoms with E-state index in [0.29, 0.717) is 0 Å². The van der Waals surface area contributed by atoms with Crippen LogP contribution in [0.1, 0.15) is 11.3 Å². The first-order valence-corrected chi connectivity index (χ1v) is 8.78. The fourth-order valence-electron chi connectivity index (χ4n) is 3.21. The Kier molecular flexibility index (Phi) is 4.32. The molecule has 0 N–H and O–H groups in total. The van der Waals surface area contributed by atoms with Gasteiger partial charge in [0.1, 0.15) is 0 Å². The fourth-order valence-corrected chi connectivity index (χ4v) is 3.21.